The van der Waals surface area contributed by atoms with E-state index in [9.17, 15) is 8.78 Å². The highest BCUT2D eigenvalue weighted by Crippen LogP contribution is 2.55. The number of halogens is 3. The normalized spacial score (nSPS) is 21.3. The first kappa shape index (κ1) is 12.7. The van der Waals surface area contributed by atoms with Gasteiger partial charge in [-0.25, -0.2) is 14.2 Å². The van der Waals surface area contributed by atoms with Crippen molar-refractivity contribution in [2.45, 2.75) is 24.8 Å². The molecule has 5 nitrogen and oxygen atoms in total. The van der Waals surface area contributed by atoms with Gasteiger partial charge >= 0.3 is 6.55 Å². The SMILES string of the molecule is FC(F)n1cc([C@H]2C[C@@H]2c2cc(Cl)nn3ccnc23)cn1. The molecule has 0 aliphatic heterocycles. The Morgan fingerprint density at radius 2 is 2.19 bits per heavy atom. The van der Waals surface area contributed by atoms with E-state index in [0.29, 0.717) is 9.83 Å². The number of hydrogen-bond acceptors (Lipinski definition) is 3. The number of hydrogen-bond donors (Lipinski definition) is 0. The average Bonchev–Trinajstić information content (AvgIpc) is 2.88. The second-order valence-electron chi connectivity index (χ2n) is 5.10. The summed E-state index contributed by atoms with van der Waals surface area (Å²) in [5.41, 5.74) is 2.57. The molecule has 0 saturated heterocycles. The Hall–Kier alpha value is -2.02. The van der Waals surface area contributed by atoms with Crippen LogP contribution in [0.5, 0.6) is 0 Å². The van der Waals surface area contributed by atoms with Crippen LogP contribution in [-0.4, -0.2) is 24.4 Å². The summed E-state index contributed by atoms with van der Waals surface area (Å²) in [6.07, 6.45) is 7.17. The summed E-state index contributed by atoms with van der Waals surface area (Å²) < 4.78 is 27.4. The van der Waals surface area contributed by atoms with Crippen LogP contribution in [0.15, 0.2) is 30.9 Å². The Bertz CT molecular complexity index is 812. The van der Waals surface area contributed by atoms with Gasteiger partial charge in [-0.15, -0.1) is 0 Å². The molecule has 3 heterocycles. The lowest BCUT2D eigenvalue weighted by Gasteiger charge is -2.03. The van der Waals surface area contributed by atoms with Gasteiger partial charge in [0, 0.05) is 24.2 Å². The van der Waals surface area contributed by atoms with E-state index < -0.39 is 6.55 Å². The number of rotatable bonds is 3. The summed E-state index contributed by atoms with van der Waals surface area (Å²) in [6.45, 7) is -2.61. The Labute approximate surface area is 123 Å². The van der Waals surface area contributed by atoms with Gasteiger partial charge in [0.15, 0.2) is 5.65 Å². The largest absolute Gasteiger partial charge is 0.333 e. The van der Waals surface area contributed by atoms with Gasteiger partial charge in [-0.2, -0.15) is 19.0 Å². The number of nitrogens with zero attached hydrogens (tertiary/aromatic N) is 5. The maximum atomic E-state index is 12.6. The fourth-order valence-electron chi connectivity index (χ4n) is 2.74. The van der Waals surface area contributed by atoms with Crippen molar-refractivity contribution in [2.24, 2.45) is 0 Å². The minimum Gasteiger partial charge on any atom is -0.235 e. The van der Waals surface area contributed by atoms with Crippen molar-refractivity contribution in [3.8, 4) is 0 Å². The lowest BCUT2D eigenvalue weighted by molar-refractivity contribution is 0.0565. The summed E-state index contributed by atoms with van der Waals surface area (Å²) >= 11 is 6.02. The predicted molar refractivity (Wildman–Crippen MR) is 71.6 cm³/mol. The fraction of sp³-hybridized carbons (Fsp3) is 0.308. The van der Waals surface area contributed by atoms with Crippen LogP contribution >= 0.6 is 11.6 Å². The smallest absolute Gasteiger partial charge is 0.235 e. The van der Waals surface area contributed by atoms with E-state index in [4.69, 9.17) is 11.6 Å². The molecule has 8 heteroatoms. The molecule has 1 saturated carbocycles. The van der Waals surface area contributed by atoms with Crippen molar-refractivity contribution < 1.29 is 8.78 Å². The van der Waals surface area contributed by atoms with E-state index in [1.54, 1.807) is 23.0 Å². The molecule has 0 bridgehead atoms. The zero-order chi connectivity index (χ0) is 14.6. The molecule has 1 fully saturated rings. The Kier molecular flexibility index (Phi) is 2.72. The zero-order valence-corrected chi connectivity index (χ0v) is 11.5. The molecule has 3 aromatic heterocycles. The summed E-state index contributed by atoms with van der Waals surface area (Å²) in [5, 5.41) is 8.21. The molecule has 0 radical (unpaired) electrons. The maximum absolute atomic E-state index is 12.6. The predicted octanol–water partition coefficient (Wildman–Crippen LogP) is 3.25. The molecular weight excluding hydrogens is 300 g/mol. The Balaban J connectivity index is 1.67. The highest BCUT2D eigenvalue weighted by molar-refractivity contribution is 6.29. The monoisotopic (exact) mass is 309 g/mol. The molecule has 0 amide bonds. The Morgan fingerprint density at radius 3 is 2.95 bits per heavy atom. The third-order valence-corrected chi connectivity index (χ3v) is 3.98. The van der Waals surface area contributed by atoms with Crippen molar-refractivity contribution in [2.75, 3.05) is 0 Å². The van der Waals surface area contributed by atoms with Gasteiger partial charge in [0.05, 0.1) is 6.20 Å². The topological polar surface area (TPSA) is 48.0 Å². The molecule has 0 aromatic carbocycles. The minimum atomic E-state index is -2.61. The molecule has 2 atom stereocenters. The first-order valence-corrected chi connectivity index (χ1v) is 6.83. The summed E-state index contributed by atoms with van der Waals surface area (Å²) in [5.74, 6) is 0.391. The minimum absolute atomic E-state index is 0.177. The lowest BCUT2D eigenvalue weighted by Crippen LogP contribution is -1.97. The van der Waals surface area contributed by atoms with Gasteiger partial charge in [-0.3, -0.25) is 0 Å². The molecule has 0 N–H and O–H groups in total. The third-order valence-electron chi connectivity index (χ3n) is 3.80. The molecule has 108 valence electrons. The lowest BCUT2D eigenvalue weighted by atomic mass is 10.1. The summed E-state index contributed by atoms with van der Waals surface area (Å²) in [7, 11) is 0. The standard InChI is InChI=1S/C13H10ClF2N5/c14-11-4-10(12-17-1-2-20(12)19-11)9-3-8(9)7-5-18-21(6-7)13(15)16/h1-2,4-6,8-9,13H,3H2/t8-,9+/m1/s1. The van der Waals surface area contributed by atoms with Crippen molar-refractivity contribution in [3.63, 3.8) is 0 Å². The van der Waals surface area contributed by atoms with Crippen LogP contribution in [0.3, 0.4) is 0 Å². The van der Waals surface area contributed by atoms with Gasteiger partial charge in [0.2, 0.25) is 0 Å². The van der Waals surface area contributed by atoms with Crippen LogP contribution in [0.4, 0.5) is 8.78 Å². The van der Waals surface area contributed by atoms with E-state index in [1.807, 2.05) is 0 Å². The maximum Gasteiger partial charge on any atom is 0.333 e. The van der Waals surface area contributed by atoms with E-state index in [0.717, 1.165) is 23.2 Å². The number of fused-ring (bicyclic) bond motifs is 1. The molecule has 21 heavy (non-hydrogen) atoms. The Morgan fingerprint density at radius 1 is 1.33 bits per heavy atom. The molecular formula is C13H10ClF2N5. The molecule has 0 unspecified atom stereocenters. The third kappa shape index (κ3) is 2.08. The molecule has 3 aromatic rings. The van der Waals surface area contributed by atoms with Crippen LogP contribution in [0.2, 0.25) is 5.15 Å². The van der Waals surface area contributed by atoms with Gasteiger partial charge in [0.25, 0.3) is 0 Å². The highest BCUT2D eigenvalue weighted by Gasteiger charge is 2.42. The second kappa shape index (κ2) is 4.49. The van der Waals surface area contributed by atoms with E-state index >= 15 is 0 Å². The molecule has 1 aliphatic rings. The van der Waals surface area contributed by atoms with Crippen molar-refractivity contribution in [1.82, 2.24) is 24.4 Å². The number of alkyl halides is 2. The van der Waals surface area contributed by atoms with Crippen molar-refractivity contribution in [1.29, 1.82) is 0 Å². The molecule has 1 aliphatic carbocycles. The van der Waals surface area contributed by atoms with E-state index in [2.05, 4.69) is 15.2 Å². The first-order valence-electron chi connectivity index (χ1n) is 6.45. The molecule has 4 rings (SSSR count). The highest BCUT2D eigenvalue weighted by atomic mass is 35.5. The van der Waals surface area contributed by atoms with Gasteiger partial charge in [0.1, 0.15) is 5.15 Å². The van der Waals surface area contributed by atoms with Crippen molar-refractivity contribution in [3.05, 3.63) is 47.1 Å². The van der Waals surface area contributed by atoms with Crippen LogP contribution < -0.4 is 0 Å². The van der Waals surface area contributed by atoms with Gasteiger partial charge in [-0.1, -0.05) is 11.6 Å². The molecule has 0 spiro atoms. The van der Waals surface area contributed by atoms with E-state index in [1.165, 1.54) is 12.4 Å². The zero-order valence-electron chi connectivity index (χ0n) is 10.7. The van der Waals surface area contributed by atoms with Crippen LogP contribution in [0.1, 0.15) is 35.9 Å². The fourth-order valence-corrected chi connectivity index (χ4v) is 2.94. The first-order chi connectivity index (χ1) is 10.1. The van der Waals surface area contributed by atoms with Crippen LogP contribution in [-0.2, 0) is 0 Å². The quantitative estimate of drug-likeness (QED) is 0.746. The number of imidazole rings is 1. The second-order valence-corrected chi connectivity index (χ2v) is 5.49. The summed E-state index contributed by atoms with van der Waals surface area (Å²) in [6, 6.07) is 1.80. The van der Waals surface area contributed by atoms with Gasteiger partial charge < -0.3 is 0 Å². The van der Waals surface area contributed by atoms with Crippen molar-refractivity contribution >= 4 is 17.2 Å². The summed E-state index contributed by atoms with van der Waals surface area (Å²) in [4.78, 5) is 4.28. The van der Waals surface area contributed by atoms with Crippen LogP contribution in [0, 0.1) is 0 Å². The van der Waals surface area contributed by atoms with Gasteiger partial charge in [-0.05, 0) is 29.9 Å². The van der Waals surface area contributed by atoms with E-state index in [-0.39, 0.29) is 11.8 Å². The van der Waals surface area contributed by atoms with Crippen LogP contribution in [0.25, 0.3) is 5.65 Å². The average molecular weight is 310 g/mol. The number of aromatic nitrogens is 5.